The molecule has 0 unspecified atom stereocenters. The Hall–Kier alpha value is -0.740. The van der Waals surface area contributed by atoms with E-state index in [1.807, 2.05) is 6.92 Å². The molecule has 13 heavy (non-hydrogen) atoms. The highest BCUT2D eigenvalue weighted by Gasteiger charge is 2.04. The molecule has 72 valence electrons. The van der Waals surface area contributed by atoms with Crippen LogP contribution >= 0.6 is 15.9 Å². The fraction of sp³-hybridized carbons (Fsp3) is 0.333. The quantitative estimate of drug-likeness (QED) is 0.656. The van der Waals surface area contributed by atoms with E-state index in [9.17, 15) is 5.11 Å². The van der Waals surface area contributed by atoms with Gasteiger partial charge in [0.2, 0.25) is 0 Å². The number of halogens is 1. The second-order valence-electron chi connectivity index (χ2n) is 2.34. The second-order valence-corrected chi connectivity index (χ2v) is 3.14. The van der Waals surface area contributed by atoms with Crippen molar-refractivity contribution >= 4 is 15.9 Å². The molecular weight excluding hydrogens is 236 g/mol. The topological polar surface area (TPSA) is 38.7 Å². The number of phenolic OH excluding ortho intramolecular Hbond substituents is 1. The number of hydrogen-bond acceptors (Lipinski definition) is 3. The predicted molar refractivity (Wildman–Crippen MR) is 52.9 cm³/mol. The molecule has 0 saturated heterocycles. The van der Waals surface area contributed by atoms with Gasteiger partial charge >= 0.3 is 0 Å². The minimum absolute atomic E-state index is 0.161. The zero-order valence-electron chi connectivity index (χ0n) is 7.29. The molecule has 1 rings (SSSR count). The van der Waals surface area contributed by atoms with Gasteiger partial charge in [-0.25, -0.2) is 0 Å². The molecule has 0 aliphatic rings. The third kappa shape index (κ3) is 2.90. The van der Waals surface area contributed by atoms with Gasteiger partial charge in [0, 0.05) is 6.61 Å². The maximum atomic E-state index is 9.29. The first-order chi connectivity index (χ1) is 6.25. The first kappa shape index (κ1) is 10.3. The van der Waals surface area contributed by atoms with Crippen LogP contribution in [0.15, 0.2) is 22.7 Å². The van der Waals surface area contributed by atoms with Crippen LogP contribution in [0.3, 0.4) is 0 Å². The van der Waals surface area contributed by atoms with Crippen molar-refractivity contribution in [3.63, 3.8) is 0 Å². The third-order valence-electron chi connectivity index (χ3n) is 1.44. The first-order valence-electron chi connectivity index (χ1n) is 3.93. The molecule has 0 amide bonds. The van der Waals surface area contributed by atoms with E-state index in [0.717, 1.165) is 0 Å². The van der Waals surface area contributed by atoms with Crippen LogP contribution < -0.4 is 4.74 Å². The molecule has 0 saturated carbocycles. The van der Waals surface area contributed by atoms with Crippen molar-refractivity contribution in [2.45, 2.75) is 6.92 Å². The van der Waals surface area contributed by atoms with E-state index in [1.54, 1.807) is 18.2 Å². The summed E-state index contributed by atoms with van der Waals surface area (Å²) in [5.41, 5.74) is 0. The summed E-state index contributed by atoms with van der Waals surface area (Å²) in [7, 11) is 0. The molecule has 1 aromatic rings. The molecule has 4 heteroatoms. The standard InChI is InChI=1S/C9H11BrO3/c1-2-12-6-13-8-5-3-4-7(11)9(8)10/h3-5,11H,2,6H2,1H3. The highest BCUT2D eigenvalue weighted by atomic mass is 79.9. The van der Waals surface area contributed by atoms with E-state index in [2.05, 4.69) is 15.9 Å². The molecule has 3 nitrogen and oxygen atoms in total. The summed E-state index contributed by atoms with van der Waals surface area (Å²) >= 11 is 3.20. The minimum atomic E-state index is 0.161. The van der Waals surface area contributed by atoms with Gasteiger partial charge in [-0.1, -0.05) is 6.07 Å². The Morgan fingerprint density at radius 2 is 2.23 bits per heavy atom. The fourth-order valence-electron chi connectivity index (χ4n) is 0.799. The molecule has 0 radical (unpaired) electrons. The van der Waals surface area contributed by atoms with Crippen LogP contribution in [0.5, 0.6) is 11.5 Å². The number of rotatable bonds is 4. The van der Waals surface area contributed by atoms with E-state index in [-0.39, 0.29) is 12.5 Å². The minimum Gasteiger partial charge on any atom is -0.507 e. The lowest BCUT2D eigenvalue weighted by molar-refractivity contribution is 0.0218. The highest BCUT2D eigenvalue weighted by Crippen LogP contribution is 2.32. The van der Waals surface area contributed by atoms with E-state index in [0.29, 0.717) is 16.8 Å². The molecule has 1 N–H and O–H groups in total. The van der Waals surface area contributed by atoms with Crippen LogP contribution in [-0.2, 0) is 4.74 Å². The Labute approximate surface area is 85.4 Å². The second kappa shape index (κ2) is 5.09. The van der Waals surface area contributed by atoms with Crippen LogP contribution in [0, 0.1) is 0 Å². The van der Waals surface area contributed by atoms with Crippen molar-refractivity contribution in [3.8, 4) is 11.5 Å². The Morgan fingerprint density at radius 1 is 1.46 bits per heavy atom. The zero-order chi connectivity index (χ0) is 9.68. The molecule has 0 bridgehead atoms. The summed E-state index contributed by atoms with van der Waals surface area (Å²) in [5.74, 6) is 0.738. The molecule has 0 aromatic heterocycles. The van der Waals surface area contributed by atoms with E-state index >= 15 is 0 Å². The fourth-order valence-corrected chi connectivity index (χ4v) is 1.18. The largest absolute Gasteiger partial charge is 0.507 e. The Morgan fingerprint density at radius 3 is 2.92 bits per heavy atom. The van der Waals surface area contributed by atoms with Gasteiger partial charge < -0.3 is 14.6 Å². The predicted octanol–water partition coefficient (Wildman–Crippen LogP) is 2.53. The van der Waals surface area contributed by atoms with Gasteiger partial charge in [-0.3, -0.25) is 0 Å². The summed E-state index contributed by atoms with van der Waals surface area (Å²) in [4.78, 5) is 0. The zero-order valence-corrected chi connectivity index (χ0v) is 8.87. The average Bonchev–Trinajstić information content (AvgIpc) is 2.13. The van der Waals surface area contributed by atoms with Crippen molar-refractivity contribution in [3.05, 3.63) is 22.7 Å². The molecule has 0 atom stereocenters. The SMILES string of the molecule is CCOCOc1cccc(O)c1Br. The maximum Gasteiger partial charge on any atom is 0.189 e. The summed E-state index contributed by atoms with van der Waals surface area (Å²) in [5, 5.41) is 9.29. The summed E-state index contributed by atoms with van der Waals surface area (Å²) in [6.45, 7) is 2.69. The lowest BCUT2D eigenvalue weighted by Crippen LogP contribution is -2.02. The molecule has 0 aliphatic carbocycles. The molecule has 0 heterocycles. The van der Waals surface area contributed by atoms with Gasteiger partial charge in [-0.15, -0.1) is 0 Å². The van der Waals surface area contributed by atoms with Crippen LogP contribution in [0.25, 0.3) is 0 Å². The van der Waals surface area contributed by atoms with Gasteiger partial charge in [0.05, 0.1) is 0 Å². The van der Waals surface area contributed by atoms with Gasteiger partial charge in [0.1, 0.15) is 16.0 Å². The smallest absolute Gasteiger partial charge is 0.189 e. The maximum absolute atomic E-state index is 9.29. The van der Waals surface area contributed by atoms with E-state index in [1.165, 1.54) is 0 Å². The number of phenols is 1. The number of aromatic hydroxyl groups is 1. The Kier molecular flexibility index (Phi) is 4.05. The summed E-state index contributed by atoms with van der Waals surface area (Å²) in [6.07, 6.45) is 0. The summed E-state index contributed by atoms with van der Waals surface area (Å²) in [6, 6.07) is 5.04. The Balaban J connectivity index is 2.61. The monoisotopic (exact) mass is 246 g/mol. The van der Waals surface area contributed by atoms with Crippen molar-refractivity contribution in [2.75, 3.05) is 13.4 Å². The van der Waals surface area contributed by atoms with Gasteiger partial charge in [0.25, 0.3) is 0 Å². The number of hydrogen-bond donors (Lipinski definition) is 1. The molecule has 0 fully saturated rings. The van der Waals surface area contributed by atoms with Crippen molar-refractivity contribution < 1.29 is 14.6 Å². The van der Waals surface area contributed by atoms with Gasteiger partial charge in [-0.05, 0) is 35.0 Å². The van der Waals surface area contributed by atoms with Crippen molar-refractivity contribution in [1.82, 2.24) is 0 Å². The van der Waals surface area contributed by atoms with Crippen LogP contribution in [0.4, 0.5) is 0 Å². The van der Waals surface area contributed by atoms with Crippen LogP contribution in [-0.4, -0.2) is 18.5 Å². The van der Waals surface area contributed by atoms with Gasteiger partial charge in [0.15, 0.2) is 6.79 Å². The summed E-state index contributed by atoms with van der Waals surface area (Å²) < 4.78 is 10.8. The number of benzene rings is 1. The van der Waals surface area contributed by atoms with Crippen LogP contribution in [0.2, 0.25) is 0 Å². The molecule has 1 aromatic carbocycles. The Bertz CT molecular complexity index is 276. The van der Waals surface area contributed by atoms with E-state index < -0.39 is 0 Å². The lowest BCUT2D eigenvalue weighted by atomic mass is 10.3. The first-order valence-corrected chi connectivity index (χ1v) is 4.73. The van der Waals surface area contributed by atoms with Crippen LogP contribution in [0.1, 0.15) is 6.92 Å². The normalized spacial score (nSPS) is 10.0. The van der Waals surface area contributed by atoms with Crippen molar-refractivity contribution in [1.29, 1.82) is 0 Å². The van der Waals surface area contributed by atoms with Gasteiger partial charge in [-0.2, -0.15) is 0 Å². The molecule has 0 aliphatic heterocycles. The number of ether oxygens (including phenoxy) is 2. The van der Waals surface area contributed by atoms with E-state index in [4.69, 9.17) is 9.47 Å². The molecular formula is C9H11BrO3. The third-order valence-corrected chi connectivity index (χ3v) is 2.24. The molecule has 0 spiro atoms. The lowest BCUT2D eigenvalue weighted by Gasteiger charge is -2.08. The highest BCUT2D eigenvalue weighted by molar-refractivity contribution is 9.10. The average molecular weight is 247 g/mol. The van der Waals surface area contributed by atoms with Crippen molar-refractivity contribution in [2.24, 2.45) is 0 Å².